The topological polar surface area (TPSA) is 65.5 Å². The Morgan fingerprint density at radius 1 is 1.32 bits per heavy atom. The van der Waals surface area contributed by atoms with Gasteiger partial charge in [-0.1, -0.05) is 12.1 Å². The van der Waals surface area contributed by atoms with Crippen molar-refractivity contribution in [3.63, 3.8) is 0 Å². The molecule has 1 aromatic heterocycles. The Balaban J connectivity index is 2.21. The first-order chi connectivity index (χ1) is 11.8. The fraction of sp³-hybridized carbons (Fsp3) is 0.222. The highest BCUT2D eigenvalue weighted by Gasteiger charge is 2.33. The molecule has 6 nitrogen and oxygen atoms in total. The van der Waals surface area contributed by atoms with Crippen molar-refractivity contribution in [2.24, 2.45) is 0 Å². The Bertz CT molecular complexity index is 949. The maximum atomic E-state index is 12.2. The van der Waals surface area contributed by atoms with Crippen LogP contribution in [0.5, 0.6) is 0 Å². The molecule has 0 aliphatic carbocycles. The summed E-state index contributed by atoms with van der Waals surface area (Å²) in [4.78, 5) is 31.8. The van der Waals surface area contributed by atoms with Crippen LogP contribution >= 0.6 is 12.2 Å². The molecular formula is C18H18N4O2S. The number of rotatable bonds is 2. The predicted octanol–water partition coefficient (Wildman–Crippen LogP) is 2.21. The molecule has 0 saturated carbocycles. The SMILES string of the molecule is CC(=O)N1C(=S)NC(=O)C1=Cc1cc2ccc(C)cc2nc1N(C)C. The number of nitrogens with zero attached hydrogens (tertiary/aromatic N) is 3. The van der Waals surface area contributed by atoms with E-state index in [0.717, 1.165) is 22.0 Å². The number of nitrogens with one attached hydrogen (secondary N) is 1. The van der Waals surface area contributed by atoms with Gasteiger partial charge < -0.3 is 4.90 Å². The lowest BCUT2D eigenvalue weighted by molar-refractivity contribution is -0.125. The second-order valence-corrected chi connectivity index (χ2v) is 6.52. The molecule has 1 aliphatic rings. The summed E-state index contributed by atoms with van der Waals surface area (Å²) in [5, 5.41) is 3.56. The number of aryl methyl sites for hydroxylation is 1. The third-order valence-corrected chi connectivity index (χ3v) is 4.19. The van der Waals surface area contributed by atoms with Crippen LogP contribution < -0.4 is 10.2 Å². The predicted molar refractivity (Wildman–Crippen MR) is 102 cm³/mol. The van der Waals surface area contributed by atoms with Crippen LogP contribution in [-0.4, -0.2) is 40.9 Å². The van der Waals surface area contributed by atoms with Crippen LogP contribution in [0, 0.1) is 6.92 Å². The molecule has 1 aromatic carbocycles. The minimum Gasteiger partial charge on any atom is -0.362 e. The summed E-state index contributed by atoms with van der Waals surface area (Å²) in [5.41, 5.74) is 2.94. The number of amides is 2. The molecule has 1 saturated heterocycles. The minimum atomic E-state index is -0.395. The number of benzene rings is 1. The number of thiocarbonyl (C=S) groups is 1. The van der Waals surface area contributed by atoms with E-state index in [0.29, 0.717) is 5.82 Å². The number of carbonyl (C=O) groups excluding carboxylic acids is 2. The van der Waals surface area contributed by atoms with Gasteiger partial charge in [-0.25, -0.2) is 4.98 Å². The van der Waals surface area contributed by atoms with E-state index in [1.807, 2.05) is 50.2 Å². The van der Waals surface area contributed by atoms with Crippen molar-refractivity contribution < 1.29 is 9.59 Å². The highest BCUT2D eigenvalue weighted by molar-refractivity contribution is 7.80. The number of hydrogen-bond donors (Lipinski definition) is 1. The number of aromatic nitrogens is 1. The average molecular weight is 354 g/mol. The third-order valence-electron chi connectivity index (χ3n) is 3.91. The van der Waals surface area contributed by atoms with Crippen molar-refractivity contribution in [1.29, 1.82) is 0 Å². The van der Waals surface area contributed by atoms with E-state index < -0.39 is 5.91 Å². The average Bonchev–Trinajstić information content (AvgIpc) is 2.80. The van der Waals surface area contributed by atoms with Gasteiger partial charge in [0.15, 0.2) is 5.11 Å². The smallest absolute Gasteiger partial charge is 0.274 e. The summed E-state index contributed by atoms with van der Waals surface area (Å²) < 4.78 is 0. The molecule has 3 rings (SSSR count). The zero-order valence-electron chi connectivity index (χ0n) is 14.5. The summed E-state index contributed by atoms with van der Waals surface area (Å²) in [7, 11) is 3.77. The summed E-state index contributed by atoms with van der Waals surface area (Å²) in [6.45, 7) is 3.38. The van der Waals surface area contributed by atoms with Crippen molar-refractivity contribution in [1.82, 2.24) is 15.2 Å². The highest BCUT2D eigenvalue weighted by Crippen LogP contribution is 2.27. The summed E-state index contributed by atoms with van der Waals surface area (Å²) in [6, 6.07) is 7.96. The summed E-state index contributed by atoms with van der Waals surface area (Å²) >= 11 is 5.07. The molecule has 2 heterocycles. The maximum absolute atomic E-state index is 12.2. The Labute approximate surface area is 151 Å². The third kappa shape index (κ3) is 3.10. The lowest BCUT2D eigenvalue weighted by atomic mass is 10.1. The van der Waals surface area contributed by atoms with Gasteiger partial charge in [0.25, 0.3) is 5.91 Å². The molecule has 0 unspecified atom stereocenters. The van der Waals surface area contributed by atoms with Gasteiger partial charge in [0.2, 0.25) is 5.91 Å². The van der Waals surface area contributed by atoms with Gasteiger partial charge in [0.05, 0.1) is 5.52 Å². The van der Waals surface area contributed by atoms with Crippen molar-refractivity contribution in [2.75, 3.05) is 19.0 Å². The molecule has 0 spiro atoms. The molecule has 1 aliphatic heterocycles. The monoisotopic (exact) mass is 354 g/mol. The Morgan fingerprint density at radius 3 is 2.68 bits per heavy atom. The van der Waals surface area contributed by atoms with Gasteiger partial charge in [-0.2, -0.15) is 0 Å². The van der Waals surface area contributed by atoms with Crippen molar-refractivity contribution in [3.05, 3.63) is 41.1 Å². The molecule has 2 aromatic rings. The fourth-order valence-electron chi connectivity index (χ4n) is 2.77. The molecule has 0 radical (unpaired) electrons. The number of carbonyl (C=O) groups is 2. The Morgan fingerprint density at radius 2 is 2.04 bits per heavy atom. The van der Waals surface area contributed by atoms with Crippen LogP contribution in [0.15, 0.2) is 30.0 Å². The van der Waals surface area contributed by atoms with Gasteiger partial charge in [-0.3, -0.25) is 19.8 Å². The van der Waals surface area contributed by atoms with Gasteiger partial charge in [0.1, 0.15) is 11.5 Å². The molecule has 0 atom stereocenters. The Kier molecular flexibility index (Phi) is 4.26. The van der Waals surface area contributed by atoms with Crippen LogP contribution in [0.25, 0.3) is 17.0 Å². The highest BCUT2D eigenvalue weighted by atomic mass is 32.1. The van der Waals surface area contributed by atoms with E-state index in [9.17, 15) is 9.59 Å². The first-order valence-electron chi connectivity index (χ1n) is 7.74. The standard InChI is InChI=1S/C18H18N4O2S/c1-10-5-6-12-8-13(16(21(3)4)19-14(12)7-10)9-15-17(24)20-18(25)22(15)11(2)23/h5-9H,1-4H3,(H,20,24,25). The van der Waals surface area contributed by atoms with Crippen LogP contribution in [0.2, 0.25) is 0 Å². The normalized spacial score (nSPS) is 15.8. The van der Waals surface area contributed by atoms with Crippen molar-refractivity contribution >= 4 is 51.9 Å². The van der Waals surface area contributed by atoms with Crippen molar-refractivity contribution in [2.45, 2.75) is 13.8 Å². The number of pyridine rings is 1. The van der Waals surface area contributed by atoms with Crippen LogP contribution in [-0.2, 0) is 9.59 Å². The molecule has 0 bridgehead atoms. The lowest BCUT2D eigenvalue weighted by Crippen LogP contribution is -2.31. The number of fused-ring (bicyclic) bond motifs is 1. The lowest BCUT2D eigenvalue weighted by Gasteiger charge is -2.17. The number of hydrogen-bond acceptors (Lipinski definition) is 5. The molecular weight excluding hydrogens is 336 g/mol. The van der Waals surface area contributed by atoms with E-state index in [-0.39, 0.29) is 16.7 Å². The van der Waals surface area contributed by atoms with E-state index in [4.69, 9.17) is 17.2 Å². The quantitative estimate of drug-likeness (QED) is 0.662. The summed E-state index contributed by atoms with van der Waals surface area (Å²) in [5.74, 6) is -0.000921. The largest absolute Gasteiger partial charge is 0.362 e. The van der Waals surface area contributed by atoms with Crippen LogP contribution in [0.4, 0.5) is 5.82 Å². The van der Waals surface area contributed by atoms with Gasteiger partial charge in [0, 0.05) is 32.0 Å². The second-order valence-electron chi connectivity index (χ2n) is 6.14. The molecule has 1 N–H and O–H groups in total. The Hall–Kier alpha value is -2.80. The second kappa shape index (κ2) is 6.25. The molecule has 128 valence electrons. The maximum Gasteiger partial charge on any atom is 0.274 e. The van der Waals surface area contributed by atoms with E-state index in [2.05, 4.69) is 5.32 Å². The van der Waals surface area contributed by atoms with Gasteiger partial charge in [-0.15, -0.1) is 0 Å². The first-order valence-corrected chi connectivity index (χ1v) is 8.15. The molecule has 25 heavy (non-hydrogen) atoms. The minimum absolute atomic E-state index is 0.0968. The van der Waals surface area contributed by atoms with Gasteiger partial charge >= 0.3 is 0 Å². The van der Waals surface area contributed by atoms with E-state index in [1.165, 1.54) is 11.8 Å². The zero-order valence-corrected chi connectivity index (χ0v) is 15.3. The molecule has 1 fully saturated rings. The van der Waals surface area contributed by atoms with Crippen LogP contribution in [0.1, 0.15) is 18.1 Å². The van der Waals surface area contributed by atoms with E-state index >= 15 is 0 Å². The summed E-state index contributed by atoms with van der Waals surface area (Å²) in [6.07, 6.45) is 1.65. The molecule has 7 heteroatoms. The zero-order chi connectivity index (χ0) is 18.3. The van der Waals surface area contributed by atoms with Crippen LogP contribution in [0.3, 0.4) is 0 Å². The van der Waals surface area contributed by atoms with E-state index in [1.54, 1.807) is 6.08 Å². The fourth-order valence-corrected chi connectivity index (χ4v) is 3.09. The van der Waals surface area contributed by atoms with Gasteiger partial charge in [-0.05, 0) is 42.9 Å². The van der Waals surface area contributed by atoms with Crippen molar-refractivity contribution in [3.8, 4) is 0 Å². The first kappa shape index (κ1) is 17.0. The number of anilines is 1. The molecule has 2 amide bonds.